The molecule has 0 amide bonds. The molecule has 0 spiro atoms. The Morgan fingerprint density at radius 3 is 2.48 bits per heavy atom. The number of nitrogens with zero attached hydrogens (tertiary/aromatic N) is 2. The lowest BCUT2D eigenvalue weighted by Gasteiger charge is -2.34. The number of piperidine rings is 1. The zero-order valence-corrected chi connectivity index (χ0v) is 20.2. The highest BCUT2D eigenvalue weighted by molar-refractivity contribution is 5.98. The van der Waals surface area contributed by atoms with Gasteiger partial charge in [0.2, 0.25) is 0 Å². The highest BCUT2D eigenvalue weighted by atomic mass is 16.4. The molecule has 1 saturated heterocycles. The van der Waals surface area contributed by atoms with E-state index in [2.05, 4.69) is 43.1 Å². The summed E-state index contributed by atoms with van der Waals surface area (Å²) in [6.07, 6.45) is 2.41. The van der Waals surface area contributed by atoms with Crippen LogP contribution < -0.4 is 5.32 Å². The molecule has 5 heteroatoms. The van der Waals surface area contributed by atoms with E-state index in [1.165, 1.54) is 25.1 Å². The molecule has 0 bridgehead atoms. The van der Waals surface area contributed by atoms with Gasteiger partial charge in [-0.05, 0) is 61.9 Å². The lowest BCUT2D eigenvalue weighted by atomic mass is 9.92. The number of hydrogen-bond donors (Lipinski definition) is 2. The van der Waals surface area contributed by atoms with E-state index in [0.717, 1.165) is 53.4 Å². The molecule has 3 aromatic rings. The first-order valence-corrected chi connectivity index (χ1v) is 12.2. The Balaban J connectivity index is 1.48. The first-order valence-electron chi connectivity index (χ1n) is 12.2. The van der Waals surface area contributed by atoms with Crippen molar-refractivity contribution in [2.45, 2.75) is 46.7 Å². The number of likely N-dealkylation sites (tertiary alicyclic amines) is 1. The summed E-state index contributed by atoms with van der Waals surface area (Å²) in [6, 6.07) is 16.2. The predicted octanol–water partition coefficient (Wildman–Crippen LogP) is 5.15. The van der Waals surface area contributed by atoms with Crippen LogP contribution in [0.25, 0.3) is 10.9 Å². The average molecular weight is 448 g/mol. The van der Waals surface area contributed by atoms with Crippen molar-refractivity contribution in [3.8, 4) is 0 Å². The van der Waals surface area contributed by atoms with Crippen LogP contribution in [0, 0.1) is 18.8 Å². The SMILES string of the molecule is Cc1ccccc1Cn1c(C(=O)O)c(CNCCCN2C[C@H](C)C[C@@H](C)C2)c2ccccc21. The van der Waals surface area contributed by atoms with E-state index in [4.69, 9.17) is 0 Å². The Labute approximate surface area is 197 Å². The van der Waals surface area contributed by atoms with Crippen LogP contribution >= 0.6 is 0 Å². The minimum Gasteiger partial charge on any atom is -0.477 e. The zero-order chi connectivity index (χ0) is 23.4. The third-order valence-corrected chi connectivity index (χ3v) is 6.94. The molecule has 1 aromatic heterocycles. The van der Waals surface area contributed by atoms with E-state index >= 15 is 0 Å². The second-order valence-corrected chi connectivity index (χ2v) is 9.90. The predicted molar refractivity (Wildman–Crippen MR) is 135 cm³/mol. The number of aryl methyl sites for hydroxylation is 1. The molecule has 2 heterocycles. The van der Waals surface area contributed by atoms with E-state index in [9.17, 15) is 9.90 Å². The minimum atomic E-state index is -0.868. The van der Waals surface area contributed by atoms with Gasteiger partial charge in [-0.1, -0.05) is 56.3 Å². The maximum absolute atomic E-state index is 12.4. The summed E-state index contributed by atoms with van der Waals surface area (Å²) in [6.45, 7) is 12.3. The van der Waals surface area contributed by atoms with Crippen molar-refractivity contribution in [2.24, 2.45) is 11.8 Å². The lowest BCUT2D eigenvalue weighted by Crippen LogP contribution is -2.39. The molecular weight excluding hydrogens is 410 g/mol. The molecule has 33 heavy (non-hydrogen) atoms. The number of carboxylic acid groups (broad SMARTS) is 1. The van der Waals surface area contributed by atoms with E-state index < -0.39 is 5.97 Å². The molecule has 1 aliphatic heterocycles. The molecular formula is C28H37N3O2. The highest BCUT2D eigenvalue weighted by Gasteiger charge is 2.23. The fraction of sp³-hybridized carbons (Fsp3) is 0.464. The van der Waals surface area contributed by atoms with Gasteiger partial charge in [-0.3, -0.25) is 0 Å². The summed E-state index contributed by atoms with van der Waals surface area (Å²) < 4.78 is 1.97. The average Bonchev–Trinajstić information content (AvgIpc) is 3.08. The molecule has 5 nitrogen and oxygen atoms in total. The summed E-state index contributed by atoms with van der Waals surface area (Å²) in [5.41, 5.74) is 4.57. The highest BCUT2D eigenvalue weighted by Crippen LogP contribution is 2.28. The number of fused-ring (bicyclic) bond motifs is 1. The molecule has 1 aliphatic rings. The molecule has 1 fully saturated rings. The molecule has 2 atom stereocenters. The van der Waals surface area contributed by atoms with Crippen LogP contribution in [-0.2, 0) is 13.1 Å². The van der Waals surface area contributed by atoms with Crippen LogP contribution in [0.3, 0.4) is 0 Å². The summed E-state index contributed by atoms with van der Waals surface area (Å²) >= 11 is 0. The topological polar surface area (TPSA) is 57.5 Å². The van der Waals surface area contributed by atoms with Gasteiger partial charge in [-0.15, -0.1) is 0 Å². The van der Waals surface area contributed by atoms with Crippen LogP contribution in [0.4, 0.5) is 0 Å². The van der Waals surface area contributed by atoms with Crippen molar-refractivity contribution < 1.29 is 9.90 Å². The largest absolute Gasteiger partial charge is 0.477 e. The van der Waals surface area contributed by atoms with Gasteiger partial charge in [0.1, 0.15) is 5.69 Å². The summed E-state index contributed by atoms with van der Waals surface area (Å²) in [5.74, 6) is 0.686. The first kappa shape index (κ1) is 23.5. The molecule has 0 unspecified atom stereocenters. The molecule has 0 saturated carbocycles. The number of para-hydroxylation sites is 1. The van der Waals surface area contributed by atoms with Gasteiger partial charge >= 0.3 is 5.97 Å². The number of aromatic carboxylic acids is 1. The summed E-state index contributed by atoms with van der Waals surface area (Å²) in [4.78, 5) is 15.0. The normalized spacial score (nSPS) is 19.2. The van der Waals surface area contributed by atoms with Gasteiger partial charge in [0.15, 0.2) is 0 Å². The minimum absolute atomic E-state index is 0.394. The van der Waals surface area contributed by atoms with Gasteiger partial charge in [-0.25, -0.2) is 4.79 Å². The van der Waals surface area contributed by atoms with Crippen LogP contribution in [0.2, 0.25) is 0 Å². The third-order valence-electron chi connectivity index (χ3n) is 6.94. The number of rotatable bonds is 9. The molecule has 4 rings (SSSR count). The van der Waals surface area contributed by atoms with Crippen molar-refractivity contribution >= 4 is 16.9 Å². The fourth-order valence-electron chi connectivity index (χ4n) is 5.54. The summed E-state index contributed by atoms with van der Waals surface area (Å²) in [5, 5.41) is 14.7. The Hall–Kier alpha value is -2.63. The maximum Gasteiger partial charge on any atom is 0.352 e. The van der Waals surface area contributed by atoms with Crippen LogP contribution in [-0.4, -0.2) is 46.7 Å². The molecule has 176 valence electrons. The first-order chi connectivity index (χ1) is 15.9. The fourth-order valence-corrected chi connectivity index (χ4v) is 5.54. The molecule has 0 radical (unpaired) electrons. The van der Waals surface area contributed by atoms with Crippen molar-refractivity contribution in [1.29, 1.82) is 0 Å². The van der Waals surface area contributed by atoms with Gasteiger partial charge in [-0.2, -0.15) is 0 Å². The van der Waals surface area contributed by atoms with Crippen molar-refractivity contribution in [3.63, 3.8) is 0 Å². The van der Waals surface area contributed by atoms with Gasteiger partial charge in [0.25, 0.3) is 0 Å². The van der Waals surface area contributed by atoms with Crippen molar-refractivity contribution in [1.82, 2.24) is 14.8 Å². The van der Waals surface area contributed by atoms with E-state index in [0.29, 0.717) is 18.8 Å². The number of hydrogen-bond acceptors (Lipinski definition) is 3. The van der Waals surface area contributed by atoms with Crippen LogP contribution in [0.15, 0.2) is 48.5 Å². The quantitative estimate of drug-likeness (QED) is 0.445. The number of nitrogens with one attached hydrogen (secondary N) is 1. The van der Waals surface area contributed by atoms with Gasteiger partial charge < -0.3 is 19.9 Å². The Morgan fingerprint density at radius 1 is 1.06 bits per heavy atom. The molecule has 0 aliphatic carbocycles. The zero-order valence-electron chi connectivity index (χ0n) is 20.2. The van der Waals surface area contributed by atoms with Crippen LogP contribution in [0.1, 0.15) is 53.9 Å². The monoisotopic (exact) mass is 447 g/mol. The Bertz CT molecular complexity index is 1090. The van der Waals surface area contributed by atoms with Crippen molar-refractivity contribution in [2.75, 3.05) is 26.2 Å². The maximum atomic E-state index is 12.4. The van der Waals surface area contributed by atoms with E-state index in [1.807, 2.05) is 41.0 Å². The van der Waals surface area contributed by atoms with Crippen LogP contribution in [0.5, 0.6) is 0 Å². The van der Waals surface area contributed by atoms with Gasteiger partial charge in [0, 0.05) is 42.6 Å². The molecule has 2 aromatic carbocycles. The second-order valence-electron chi connectivity index (χ2n) is 9.90. The van der Waals surface area contributed by atoms with Gasteiger partial charge in [0.05, 0.1) is 0 Å². The lowest BCUT2D eigenvalue weighted by molar-refractivity contribution is 0.0684. The van der Waals surface area contributed by atoms with E-state index in [-0.39, 0.29) is 0 Å². The molecule has 2 N–H and O–H groups in total. The Morgan fingerprint density at radius 2 is 1.76 bits per heavy atom. The summed E-state index contributed by atoms with van der Waals surface area (Å²) in [7, 11) is 0. The van der Waals surface area contributed by atoms with Crippen molar-refractivity contribution in [3.05, 3.63) is 70.9 Å². The standard InChI is InChI=1S/C28H37N3O2/c1-20-15-21(2)18-30(17-20)14-8-13-29-16-25-24-11-6-7-12-26(24)31(27(25)28(32)33)19-23-10-5-4-9-22(23)3/h4-7,9-12,20-21,29H,8,13-19H2,1-3H3,(H,32,33)/t20-,21-/m1/s1. The number of carbonyl (C=O) groups is 1. The Kier molecular flexibility index (Phi) is 7.51. The van der Waals surface area contributed by atoms with E-state index in [1.54, 1.807) is 0 Å². The second kappa shape index (κ2) is 10.5. The smallest absolute Gasteiger partial charge is 0.352 e. The number of benzene rings is 2. The number of aromatic nitrogens is 1. The number of carboxylic acids is 1. The third kappa shape index (κ3) is 5.48.